The molecule has 144 valence electrons. The number of nitrogens with zero attached hydrogens (tertiary/aromatic N) is 3. The van der Waals surface area contributed by atoms with Crippen LogP contribution in [0.5, 0.6) is 5.75 Å². The number of hydrogen-bond donors (Lipinski definition) is 2. The van der Waals surface area contributed by atoms with Gasteiger partial charge in [-0.15, -0.1) is 0 Å². The van der Waals surface area contributed by atoms with E-state index in [1.54, 1.807) is 25.4 Å². The van der Waals surface area contributed by atoms with Gasteiger partial charge < -0.3 is 15.4 Å². The molecule has 0 aliphatic heterocycles. The number of ether oxygens (including phenoxy) is 1. The molecule has 0 saturated carbocycles. The van der Waals surface area contributed by atoms with E-state index in [-0.39, 0.29) is 12.0 Å². The van der Waals surface area contributed by atoms with Gasteiger partial charge in [0.05, 0.1) is 6.10 Å². The van der Waals surface area contributed by atoms with Crippen LogP contribution in [0.1, 0.15) is 35.7 Å². The van der Waals surface area contributed by atoms with Gasteiger partial charge in [0.2, 0.25) is 0 Å². The Morgan fingerprint density at radius 1 is 1.14 bits per heavy atom. The summed E-state index contributed by atoms with van der Waals surface area (Å²) < 4.78 is 5.64. The van der Waals surface area contributed by atoms with Gasteiger partial charge >= 0.3 is 0 Å². The average molecular weight is 377 g/mol. The predicted octanol–water partition coefficient (Wildman–Crippen LogP) is 3.64. The van der Waals surface area contributed by atoms with Crippen molar-refractivity contribution in [3.8, 4) is 5.75 Å². The van der Waals surface area contributed by atoms with Crippen molar-refractivity contribution in [2.24, 2.45) is 0 Å². The molecule has 0 fully saturated rings. The second-order valence-electron chi connectivity index (χ2n) is 6.55. The van der Waals surface area contributed by atoms with Crippen molar-refractivity contribution in [3.63, 3.8) is 0 Å². The number of pyridine rings is 1. The number of anilines is 2. The second kappa shape index (κ2) is 8.94. The number of benzene rings is 1. The maximum absolute atomic E-state index is 12.5. The van der Waals surface area contributed by atoms with E-state index in [1.807, 2.05) is 50.2 Å². The van der Waals surface area contributed by atoms with Crippen molar-refractivity contribution in [3.05, 3.63) is 71.9 Å². The molecule has 0 unspecified atom stereocenters. The van der Waals surface area contributed by atoms with E-state index in [9.17, 15) is 4.79 Å². The van der Waals surface area contributed by atoms with E-state index in [0.717, 1.165) is 17.0 Å². The van der Waals surface area contributed by atoms with Crippen molar-refractivity contribution >= 4 is 17.4 Å². The maximum Gasteiger partial charge on any atom is 0.270 e. The highest BCUT2D eigenvalue weighted by molar-refractivity contribution is 5.93. The fourth-order valence-corrected chi connectivity index (χ4v) is 2.56. The van der Waals surface area contributed by atoms with Crippen molar-refractivity contribution in [2.75, 3.05) is 5.32 Å². The predicted molar refractivity (Wildman–Crippen MR) is 108 cm³/mol. The summed E-state index contributed by atoms with van der Waals surface area (Å²) in [6.07, 6.45) is 3.53. The fraction of sp³-hybridized carbons (Fsp3) is 0.238. The van der Waals surface area contributed by atoms with Crippen molar-refractivity contribution in [1.29, 1.82) is 0 Å². The summed E-state index contributed by atoms with van der Waals surface area (Å²) in [5, 5.41) is 6.04. The Bertz CT molecular complexity index is 927. The van der Waals surface area contributed by atoms with Gasteiger partial charge in [0.15, 0.2) is 0 Å². The SMILES string of the molecule is Cc1nc(Nc2ccc(OC(C)C)cc2)cc(C(=O)NCc2cccnc2)n1. The minimum atomic E-state index is -0.266. The summed E-state index contributed by atoms with van der Waals surface area (Å²) in [6.45, 7) is 6.10. The summed E-state index contributed by atoms with van der Waals surface area (Å²) in [4.78, 5) is 25.1. The highest BCUT2D eigenvalue weighted by Gasteiger charge is 2.11. The molecule has 2 N–H and O–H groups in total. The second-order valence-corrected chi connectivity index (χ2v) is 6.55. The van der Waals surface area contributed by atoms with Crippen LogP contribution in [-0.2, 0) is 6.54 Å². The number of rotatable bonds is 7. The molecule has 3 rings (SSSR count). The van der Waals surface area contributed by atoms with Crippen LogP contribution in [0.2, 0.25) is 0 Å². The topological polar surface area (TPSA) is 89.0 Å². The Hall–Kier alpha value is -3.48. The maximum atomic E-state index is 12.5. The zero-order chi connectivity index (χ0) is 19.9. The lowest BCUT2D eigenvalue weighted by atomic mass is 10.2. The number of hydrogen-bond acceptors (Lipinski definition) is 6. The Morgan fingerprint density at radius 2 is 1.93 bits per heavy atom. The molecule has 0 aliphatic rings. The van der Waals surface area contributed by atoms with Crippen LogP contribution in [-0.4, -0.2) is 27.0 Å². The van der Waals surface area contributed by atoms with E-state index < -0.39 is 0 Å². The Morgan fingerprint density at radius 3 is 2.61 bits per heavy atom. The van der Waals surface area contributed by atoms with Crippen LogP contribution in [0.4, 0.5) is 11.5 Å². The van der Waals surface area contributed by atoms with Gasteiger partial charge in [-0.05, 0) is 56.7 Å². The number of nitrogens with one attached hydrogen (secondary N) is 2. The van der Waals surface area contributed by atoms with Gasteiger partial charge in [0, 0.05) is 30.7 Å². The molecular weight excluding hydrogens is 354 g/mol. The molecule has 2 heterocycles. The van der Waals surface area contributed by atoms with Gasteiger partial charge in [-0.1, -0.05) is 6.07 Å². The van der Waals surface area contributed by atoms with Gasteiger partial charge in [0.25, 0.3) is 5.91 Å². The van der Waals surface area contributed by atoms with E-state index in [0.29, 0.717) is 23.9 Å². The first-order chi connectivity index (χ1) is 13.5. The van der Waals surface area contributed by atoms with E-state index >= 15 is 0 Å². The highest BCUT2D eigenvalue weighted by atomic mass is 16.5. The highest BCUT2D eigenvalue weighted by Crippen LogP contribution is 2.20. The average Bonchev–Trinajstić information content (AvgIpc) is 2.67. The standard InChI is InChI=1S/C21H23N5O2/c1-14(2)28-18-8-6-17(7-9-18)26-20-11-19(24-15(3)25-20)21(27)23-13-16-5-4-10-22-12-16/h4-12,14H,13H2,1-3H3,(H,23,27)(H,24,25,26). The van der Waals surface area contributed by atoms with Crippen LogP contribution in [0.3, 0.4) is 0 Å². The van der Waals surface area contributed by atoms with Gasteiger partial charge in [0.1, 0.15) is 23.1 Å². The lowest BCUT2D eigenvalue weighted by Crippen LogP contribution is -2.24. The number of aryl methyl sites for hydroxylation is 1. The first kappa shape index (κ1) is 19.3. The van der Waals surface area contributed by atoms with E-state index in [4.69, 9.17) is 4.74 Å². The monoisotopic (exact) mass is 377 g/mol. The largest absolute Gasteiger partial charge is 0.491 e. The molecule has 7 nitrogen and oxygen atoms in total. The molecule has 0 atom stereocenters. The Labute approximate surface area is 164 Å². The van der Waals surface area contributed by atoms with Crippen molar-refractivity contribution in [1.82, 2.24) is 20.3 Å². The molecule has 2 aromatic heterocycles. The zero-order valence-electron chi connectivity index (χ0n) is 16.1. The first-order valence-electron chi connectivity index (χ1n) is 9.06. The summed E-state index contributed by atoms with van der Waals surface area (Å²) >= 11 is 0. The van der Waals surface area contributed by atoms with Crippen LogP contribution >= 0.6 is 0 Å². The molecule has 28 heavy (non-hydrogen) atoms. The van der Waals surface area contributed by atoms with Gasteiger partial charge in [-0.2, -0.15) is 0 Å². The lowest BCUT2D eigenvalue weighted by Gasteiger charge is -2.12. The van der Waals surface area contributed by atoms with Crippen molar-refractivity contribution in [2.45, 2.75) is 33.4 Å². The Kier molecular flexibility index (Phi) is 6.16. The molecule has 1 aromatic carbocycles. The quantitative estimate of drug-likeness (QED) is 0.653. The summed E-state index contributed by atoms with van der Waals surface area (Å²) in [5.41, 5.74) is 2.07. The van der Waals surface area contributed by atoms with Crippen LogP contribution < -0.4 is 15.4 Å². The Balaban J connectivity index is 1.67. The van der Waals surface area contributed by atoms with Gasteiger partial charge in [-0.3, -0.25) is 9.78 Å². The molecule has 0 bridgehead atoms. The smallest absolute Gasteiger partial charge is 0.270 e. The molecule has 1 amide bonds. The van der Waals surface area contributed by atoms with Gasteiger partial charge in [-0.25, -0.2) is 9.97 Å². The molecule has 7 heteroatoms. The van der Waals surface area contributed by atoms with Crippen LogP contribution in [0.25, 0.3) is 0 Å². The van der Waals surface area contributed by atoms with E-state index in [2.05, 4.69) is 25.6 Å². The van der Waals surface area contributed by atoms with Crippen LogP contribution in [0.15, 0.2) is 54.9 Å². The van der Waals surface area contributed by atoms with E-state index in [1.165, 1.54) is 0 Å². The first-order valence-corrected chi connectivity index (χ1v) is 9.06. The number of carbonyl (C=O) groups excluding carboxylic acids is 1. The minimum Gasteiger partial charge on any atom is -0.491 e. The fourth-order valence-electron chi connectivity index (χ4n) is 2.56. The molecule has 0 radical (unpaired) electrons. The summed E-state index contributed by atoms with van der Waals surface area (Å²) in [7, 11) is 0. The lowest BCUT2D eigenvalue weighted by molar-refractivity contribution is 0.0945. The zero-order valence-corrected chi connectivity index (χ0v) is 16.1. The molecular formula is C21H23N5O2. The summed E-state index contributed by atoms with van der Waals surface area (Å²) in [6, 6.07) is 12.9. The number of aromatic nitrogens is 3. The minimum absolute atomic E-state index is 0.121. The molecule has 0 aliphatic carbocycles. The number of carbonyl (C=O) groups is 1. The van der Waals surface area contributed by atoms with Crippen LogP contribution in [0, 0.1) is 6.92 Å². The third kappa shape index (κ3) is 5.51. The molecule has 3 aromatic rings. The third-order valence-electron chi connectivity index (χ3n) is 3.74. The summed E-state index contributed by atoms with van der Waals surface area (Å²) in [5.74, 6) is 1.60. The third-order valence-corrected chi connectivity index (χ3v) is 3.74. The number of amides is 1. The molecule has 0 spiro atoms. The van der Waals surface area contributed by atoms with Crippen molar-refractivity contribution < 1.29 is 9.53 Å². The normalized spacial score (nSPS) is 10.6. The molecule has 0 saturated heterocycles.